The number of nitrogens with one attached hydrogen (secondary N) is 1. The lowest BCUT2D eigenvalue weighted by Crippen LogP contribution is -2.35. The largest absolute Gasteiger partial charge is 0.377 e. The molecule has 2 atom stereocenters. The lowest BCUT2D eigenvalue weighted by Gasteiger charge is -2.15. The SMILES string of the molecule is C#CCCCCNC1CCOC1C. The van der Waals surface area contributed by atoms with Gasteiger partial charge >= 0.3 is 0 Å². The molecular formula is C11H19NO. The molecule has 0 aromatic heterocycles. The minimum atomic E-state index is 0.382. The highest BCUT2D eigenvalue weighted by molar-refractivity contribution is 4.83. The van der Waals surface area contributed by atoms with Crippen LogP contribution in [0.15, 0.2) is 0 Å². The van der Waals surface area contributed by atoms with Gasteiger partial charge < -0.3 is 10.1 Å². The Kier molecular flexibility index (Phi) is 4.88. The van der Waals surface area contributed by atoms with Crippen molar-refractivity contribution in [3.8, 4) is 12.3 Å². The molecule has 0 spiro atoms. The second-order valence-electron chi connectivity index (χ2n) is 3.59. The third kappa shape index (κ3) is 3.80. The molecule has 1 heterocycles. The van der Waals surface area contributed by atoms with Gasteiger partial charge in [0, 0.05) is 19.1 Å². The topological polar surface area (TPSA) is 21.3 Å². The zero-order valence-corrected chi connectivity index (χ0v) is 8.38. The predicted octanol–water partition coefficient (Wildman–Crippen LogP) is 1.56. The van der Waals surface area contributed by atoms with Crippen LogP contribution in [0.25, 0.3) is 0 Å². The summed E-state index contributed by atoms with van der Waals surface area (Å²) in [6.07, 6.45) is 9.90. The van der Waals surface area contributed by atoms with Crippen molar-refractivity contribution in [3.63, 3.8) is 0 Å². The Hall–Kier alpha value is -0.520. The number of terminal acetylenes is 1. The summed E-state index contributed by atoms with van der Waals surface area (Å²) in [5, 5.41) is 3.50. The van der Waals surface area contributed by atoms with Crippen LogP contribution in [0.3, 0.4) is 0 Å². The van der Waals surface area contributed by atoms with E-state index in [0.717, 1.165) is 32.4 Å². The molecule has 1 aliphatic heterocycles. The van der Waals surface area contributed by atoms with Gasteiger partial charge in [-0.05, 0) is 32.7 Å². The molecule has 2 nitrogen and oxygen atoms in total. The Morgan fingerprint density at radius 3 is 3.00 bits per heavy atom. The average molecular weight is 181 g/mol. The lowest BCUT2D eigenvalue weighted by atomic mass is 10.1. The molecule has 1 N–H and O–H groups in total. The van der Waals surface area contributed by atoms with Crippen molar-refractivity contribution in [3.05, 3.63) is 0 Å². The molecule has 0 bridgehead atoms. The molecule has 0 aliphatic carbocycles. The van der Waals surface area contributed by atoms with Crippen LogP contribution in [0.5, 0.6) is 0 Å². The fourth-order valence-corrected chi connectivity index (χ4v) is 1.64. The molecule has 0 saturated carbocycles. The van der Waals surface area contributed by atoms with Gasteiger partial charge in [0.05, 0.1) is 6.10 Å². The van der Waals surface area contributed by atoms with E-state index in [4.69, 9.17) is 11.2 Å². The van der Waals surface area contributed by atoms with E-state index in [1.54, 1.807) is 0 Å². The minimum absolute atomic E-state index is 0.382. The van der Waals surface area contributed by atoms with Crippen LogP contribution in [0.4, 0.5) is 0 Å². The van der Waals surface area contributed by atoms with Crippen molar-refractivity contribution in [2.24, 2.45) is 0 Å². The first-order valence-electron chi connectivity index (χ1n) is 5.13. The van der Waals surface area contributed by atoms with Crippen LogP contribution in [-0.2, 0) is 4.74 Å². The Morgan fingerprint density at radius 2 is 2.38 bits per heavy atom. The lowest BCUT2D eigenvalue weighted by molar-refractivity contribution is 0.113. The van der Waals surface area contributed by atoms with E-state index in [1.807, 2.05) is 0 Å². The van der Waals surface area contributed by atoms with Crippen molar-refractivity contribution in [1.82, 2.24) is 5.32 Å². The summed E-state index contributed by atoms with van der Waals surface area (Å²) < 4.78 is 5.45. The van der Waals surface area contributed by atoms with E-state index < -0.39 is 0 Å². The minimum Gasteiger partial charge on any atom is -0.377 e. The summed E-state index contributed by atoms with van der Waals surface area (Å²) in [5.74, 6) is 2.65. The summed E-state index contributed by atoms with van der Waals surface area (Å²) in [5.41, 5.74) is 0. The summed E-state index contributed by atoms with van der Waals surface area (Å²) in [6, 6.07) is 0.561. The first kappa shape index (κ1) is 10.6. The third-order valence-corrected chi connectivity index (χ3v) is 2.53. The van der Waals surface area contributed by atoms with Gasteiger partial charge in [0.15, 0.2) is 0 Å². The summed E-state index contributed by atoms with van der Waals surface area (Å²) in [7, 11) is 0. The van der Waals surface area contributed by atoms with E-state index in [1.165, 1.54) is 6.42 Å². The Morgan fingerprint density at radius 1 is 1.54 bits per heavy atom. The Balaban J connectivity index is 1.96. The second kappa shape index (κ2) is 6.01. The molecule has 1 rings (SSSR count). The molecule has 0 amide bonds. The molecule has 0 radical (unpaired) electrons. The summed E-state index contributed by atoms with van der Waals surface area (Å²) in [6.45, 7) is 4.11. The van der Waals surface area contributed by atoms with Gasteiger partial charge in [-0.1, -0.05) is 0 Å². The number of hydrogen-bond acceptors (Lipinski definition) is 2. The van der Waals surface area contributed by atoms with Crippen LogP contribution in [0.1, 0.15) is 32.6 Å². The van der Waals surface area contributed by atoms with Crippen LogP contribution >= 0.6 is 0 Å². The van der Waals surface area contributed by atoms with Crippen molar-refractivity contribution in [1.29, 1.82) is 0 Å². The van der Waals surface area contributed by atoms with Crippen molar-refractivity contribution in [2.45, 2.75) is 44.8 Å². The maximum Gasteiger partial charge on any atom is 0.0700 e. The summed E-state index contributed by atoms with van der Waals surface area (Å²) >= 11 is 0. The zero-order chi connectivity index (χ0) is 9.52. The van der Waals surface area contributed by atoms with E-state index >= 15 is 0 Å². The van der Waals surface area contributed by atoms with E-state index in [0.29, 0.717) is 12.1 Å². The number of hydrogen-bond donors (Lipinski definition) is 1. The standard InChI is InChI=1S/C11H19NO/c1-3-4-5-6-8-12-11-7-9-13-10(11)2/h1,10-12H,4-9H2,2H3. The maximum atomic E-state index is 5.45. The average Bonchev–Trinajstić information content (AvgIpc) is 2.52. The Bertz CT molecular complexity index is 173. The third-order valence-electron chi connectivity index (χ3n) is 2.53. The van der Waals surface area contributed by atoms with Crippen LogP contribution in [-0.4, -0.2) is 25.3 Å². The smallest absolute Gasteiger partial charge is 0.0700 e. The zero-order valence-electron chi connectivity index (χ0n) is 8.38. The highest BCUT2D eigenvalue weighted by Crippen LogP contribution is 2.12. The highest BCUT2D eigenvalue weighted by atomic mass is 16.5. The van der Waals surface area contributed by atoms with Crippen LogP contribution < -0.4 is 5.32 Å². The molecule has 13 heavy (non-hydrogen) atoms. The normalized spacial score (nSPS) is 27.4. The fraction of sp³-hybridized carbons (Fsp3) is 0.818. The molecule has 1 saturated heterocycles. The molecule has 2 unspecified atom stereocenters. The van der Waals surface area contributed by atoms with Gasteiger partial charge in [-0.25, -0.2) is 0 Å². The monoisotopic (exact) mass is 181 g/mol. The molecule has 2 heteroatoms. The van der Waals surface area contributed by atoms with Gasteiger partial charge in [0.1, 0.15) is 0 Å². The van der Waals surface area contributed by atoms with E-state index in [2.05, 4.69) is 18.2 Å². The molecule has 0 aromatic carbocycles. The van der Waals surface area contributed by atoms with Crippen molar-refractivity contribution < 1.29 is 4.74 Å². The van der Waals surface area contributed by atoms with E-state index in [-0.39, 0.29) is 0 Å². The van der Waals surface area contributed by atoms with E-state index in [9.17, 15) is 0 Å². The van der Waals surface area contributed by atoms with Gasteiger partial charge in [0.25, 0.3) is 0 Å². The molecule has 1 fully saturated rings. The first-order chi connectivity index (χ1) is 6.34. The van der Waals surface area contributed by atoms with Gasteiger partial charge in [-0.2, -0.15) is 0 Å². The number of ether oxygens (including phenoxy) is 1. The van der Waals surface area contributed by atoms with Gasteiger partial charge in [-0.3, -0.25) is 0 Å². The maximum absolute atomic E-state index is 5.45. The quantitative estimate of drug-likeness (QED) is 0.513. The predicted molar refractivity (Wildman–Crippen MR) is 54.5 cm³/mol. The molecular weight excluding hydrogens is 162 g/mol. The fourth-order valence-electron chi connectivity index (χ4n) is 1.64. The molecule has 1 aliphatic rings. The van der Waals surface area contributed by atoms with Gasteiger partial charge in [-0.15, -0.1) is 12.3 Å². The van der Waals surface area contributed by atoms with Crippen LogP contribution in [0.2, 0.25) is 0 Å². The second-order valence-corrected chi connectivity index (χ2v) is 3.59. The number of rotatable bonds is 5. The highest BCUT2D eigenvalue weighted by Gasteiger charge is 2.22. The molecule has 0 aromatic rings. The Labute approximate surface area is 81.0 Å². The molecule has 74 valence electrons. The van der Waals surface area contributed by atoms with Crippen molar-refractivity contribution >= 4 is 0 Å². The number of unbranched alkanes of at least 4 members (excludes halogenated alkanes) is 2. The summed E-state index contributed by atoms with van der Waals surface area (Å²) in [4.78, 5) is 0. The first-order valence-corrected chi connectivity index (χ1v) is 5.13. The van der Waals surface area contributed by atoms with Crippen molar-refractivity contribution in [2.75, 3.05) is 13.2 Å². The van der Waals surface area contributed by atoms with Gasteiger partial charge in [0.2, 0.25) is 0 Å². The van der Waals surface area contributed by atoms with Crippen LogP contribution in [0, 0.1) is 12.3 Å².